The van der Waals surface area contributed by atoms with Crippen LogP contribution in [0.15, 0.2) is 17.0 Å². The SMILES string of the molecule is Nc1cc(F)c(SCC(O)CO)c(F)c1. The lowest BCUT2D eigenvalue weighted by Gasteiger charge is -2.08. The van der Waals surface area contributed by atoms with Gasteiger partial charge in [-0.1, -0.05) is 0 Å². The van der Waals surface area contributed by atoms with Crippen LogP contribution in [0, 0.1) is 11.6 Å². The number of hydrogen-bond acceptors (Lipinski definition) is 4. The summed E-state index contributed by atoms with van der Waals surface area (Å²) >= 11 is 0.799. The van der Waals surface area contributed by atoms with Crippen molar-refractivity contribution in [3.8, 4) is 0 Å². The second kappa shape index (κ2) is 5.29. The third-order valence-electron chi connectivity index (χ3n) is 1.65. The summed E-state index contributed by atoms with van der Waals surface area (Å²) in [5, 5.41) is 17.5. The van der Waals surface area contributed by atoms with Crippen molar-refractivity contribution >= 4 is 17.4 Å². The van der Waals surface area contributed by atoms with Gasteiger partial charge in [0.25, 0.3) is 0 Å². The van der Waals surface area contributed by atoms with Crippen molar-refractivity contribution in [2.45, 2.75) is 11.0 Å². The Hall–Kier alpha value is -0.850. The molecular weight excluding hydrogens is 224 g/mol. The molecule has 1 aromatic carbocycles. The second-order valence-electron chi connectivity index (χ2n) is 2.96. The third-order valence-corrected chi connectivity index (χ3v) is 2.88. The molecular formula is C9H11F2NO2S. The third kappa shape index (κ3) is 3.33. The number of aliphatic hydroxyl groups is 2. The summed E-state index contributed by atoms with van der Waals surface area (Å²) in [7, 11) is 0. The van der Waals surface area contributed by atoms with Crippen molar-refractivity contribution in [2.24, 2.45) is 0 Å². The van der Waals surface area contributed by atoms with Crippen LogP contribution in [-0.4, -0.2) is 28.7 Å². The average Bonchev–Trinajstić information content (AvgIpc) is 2.15. The van der Waals surface area contributed by atoms with Gasteiger partial charge < -0.3 is 15.9 Å². The van der Waals surface area contributed by atoms with Crippen LogP contribution in [0.3, 0.4) is 0 Å². The number of nitrogen functional groups attached to an aromatic ring is 1. The van der Waals surface area contributed by atoms with E-state index in [-0.39, 0.29) is 16.3 Å². The fraction of sp³-hybridized carbons (Fsp3) is 0.333. The Morgan fingerprint density at radius 1 is 1.33 bits per heavy atom. The van der Waals surface area contributed by atoms with E-state index in [1.165, 1.54) is 0 Å². The molecule has 0 saturated heterocycles. The molecule has 0 aliphatic heterocycles. The predicted molar refractivity (Wildman–Crippen MR) is 54.6 cm³/mol. The number of benzene rings is 1. The summed E-state index contributed by atoms with van der Waals surface area (Å²) in [5.41, 5.74) is 5.24. The van der Waals surface area contributed by atoms with Gasteiger partial charge >= 0.3 is 0 Å². The summed E-state index contributed by atoms with van der Waals surface area (Å²) in [5.74, 6) is -1.50. The van der Waals surface area contributed by atoms with E-state index >= 15 is 0 Å². The molecule has 1 atom stereocenters. The van der Waals surface area contributed by atoms with Gasteiger partial charge in [-0.3, -0.25) is 0 Å². The van der Waals surface area contributed by atoms with Crippen LogP contribution in [0.4, 0.5) is 14.5 Å². The lowest BCUT2D eigenvalue weighted by atomic mass is 10.3. The highest BCUT2D eigenvalue weighted by atomic mass is 32.2. The normalized spacial score (nSPS) is 12.8. The van der Waals surface area contributed by atoms with Gasteiger partial charge in [0.15, 0.2) is 0 Å². The monoisotopic (exact) mass is 235 g/mol. The van der Waals surface area contributed by atoms with E-state index in [0.29, 0.717) is 0 Å². The smallest absolute Gasteiger partial charge is 0.141 e. The maximum absolute atomic E-state index is 13.2. The summed E-state index contributed by atoms with van der Waals surface area (Å²) < 4.78 is 26.4. The molecule has 1 aromatic rings. The highest BCUT2D eigenvalue weighted by Crippen LogP contribution is 2.27. The number of rotatable bonds is 4. The lowest BCUT2D eigenvalue weighted by Crippen LogP contribution is -2.14. The minimum absolute atomic E-state index is 0.0112. The fourth-order valence-corrected chi connectivity index (χ4v) is 1.81. The Morgan fingerprint density at radius 2 is 1.87 bits per heavy atom. The van der Waals surface area contributed by atoms with E-state index in [0.717, 1.165) is 23.9 Å². The van der Waals surface area contributed by atoms with Crippen molar-refractivity contribution in [3.05, 3.63) is 23.8 Å². The number of hydrogen-bond donors (Lipinski definition) is 3. The highest BCUT2D eigenvalue weighted by molar-refractivity contribution is 7.99. The van der Waals surface area contributed by atoms with Gasteiger partial charge in [-0.2, -0.15) is 0 Å². The Morgan fingerprint density at radius 3 is 2.33 bits per heavy atom. The molecule has 0 aliphatic carbocycles. The Kier molecular flexibility index (Phi) is 4.31. The van der Waals surface area contributed by atoms with Crippen LogP contribution in [0.1, 0.15) is 0 Å². The van der Waals surface area contributed by atoms with Crippen LogP contribution in [0.5, 0.6) is 0 Å². The van der Waals surface area contributed by atoms with Crippen molar-refractivity contribution in [1.82, 2.24) is 0 Å². The lowest BCUT2D eigenvalue weighted by molar-refractivity contribution is 0.113. The molecule has 0 heterocycles. The summed E-state index contributed by atoms with van der Waals surface area (Å²) in [6.45, 7) is -0.439. The number of thioether (sulfide) groups is 1. The number of halogens is 2. The molecule has 1 rings (SSSR count). The average molecular weight is 235 g/mol. The van der Waals surface area contributed by atoms with Gasteiger partial charge in [-0.15, -0.1) is 11.8 Å². The van der Waals surface area contributed by atoms with Crippen molar-refractivity contribution < 1.29 is 19.0 Å². The molecule has 0 amide bonds. The van der Waals surface area contributed by atoms with Gasteiger partial charge in [-0.05, 0) is 12.1 Å². The predicted octanol–water partition coefficient (Wildman–Crippen LogP) is 0.992. The quantitative estimate of drug-likeness (QED) is 0.538. The van der Waals surface area contributed by atoms with Gasteiger partial charge in [0, 0.05) is 11.4 Å². The Labute approximate surface area is 89.9 Å². The highest BCUT2D eigenvalue weighted by Gasteiger charge is 2.12. The van der Waals surface area contributed by atoms with Crippen molar-refractivity contribution in [3.63, 3.8) is 0 Å². The van der Waals surface area contributed by atoms with Crippen LogP contribution >= 0.6 is 11.8 Å². The van der Waals surface area contributed by atoms with Crippen LogP contribution < -0.4 is 5.73 Å². The second-order valence-corrected chi connectivity index (χ2v) is 3.99. The molecule has 0 bridgehead atoms. The zero-order valence-corrected chi connectivity index (χ0v) is 8.60. The first-order valence-corrected chi connectivity index (χ1v) is 5.19. The summed E-state index contributed by atoms with van der Waals surface area (Å²) in [6, 6.07) is 2.02. The topological polar surface area (TPSA) is 66.5 Å². The van der Waals surface area contributed by atoms with Crippen molar-refractivity contribution in [1.29, 1.82) is 0 Å². The summed E-state index contributed by atoms with van der Waals surface area (Å²) in [6.07, 6.45) is -0.994. The molecule has 0 aromatic heterocycles. The van der Waals surface area contributed by atoms with Gasteiger partial charge in [-0.25, -0.2) is 8.78 Å². The van der Waals surface area contributed by atoms with E-state index < -0.39 is 24.3 Å². The Balaban J connectivity index is 2.77. The molecule has 6 heteroatoms. The first-order valence-electron chi connectivity index (χ1n) is 4.21. The maximum atomic E-state index is 13.2. The fourth-order valence-electron chi connectivity index (χ4n) is 0.950. The van der Waals surface area contributed by atoms with Crippen molar-refractivity contribution in [2.75, 3.05) is 18.1 Å². The zero-order chi connectivity index (χ0) is 11.4. The molecule has 4 N–H and O–H groups in total. The van der Waals surface area contributed by atoms with Crippen LogP contribution in [0.25, 0.3) is 0 Å². The van der Waals surface area contributed by atoms with E-state index in [1.54, 1.807) is 0 Å². The van der Waals surface area contributed by atoms with E-state index in [1.807, 2.05) is 0 Å². The van der Waals surface area contributed by atoms with Gasteiger partial charge in [0.1, 0.15) is 11.6 Å². The molecule has 15 heavy (non-hydrogen) atoms. The van der Waals surface area contributed by atoms with Gasteiger partial charge in [0.05, 0.1) is 17.6 Å². The molecule has 84 valence electrons. The van der Waals surface area contributed by atoms with E-state index in [9.17, 15) is 8.78 Å². The first-order chi connectivity index (χ1) is 7.04. The number of aliphatic hydroxyl groups excluding tert-OH is 2. The van der Waals surface area contributed by atoms with Gasteiger partial charge in [0.2, 0.25) is 0 Å². The first kappa shape index (κ1) is 12.2. The number of anilines is 1. The standard InChI is InChI=1S/C9H11F2NO2S/c10-7-1-5(12)2-8(11)9(7)15-4-6(14)3-13/h1-2,6,13-14H,3-4,12H2. The van der Waals surface area contributed by atoms with Crippen LogP contribution in [-0.2, 0) is 0 Å². The van der Waals surface area contributed by atoms with E-state index in [4.69, 9.17) is 15.9 Å². The largest absolute Gasteiger partial charge is 0.399 e. The molecule has 0 saturated carbocycles. The molecule has 0 aliphatic rings. The molecule has 3 nitrogen and oxygen atoms in total. The van der Waals surface area contributed by atoms with E-state index in [2.05, 4.69) is 0 Å². The number of nitrogens with two attached hydrogens (primary N) is 1. The maximum Gasteiger partial charge on any atom is 0.141 e. The van der Waals surface area contributed by atoms with Crippen LogP contribution in [0.2, 0.25) is 0 Å². The molecule has 0 radical (unpaired) electrons. The molecule has 0 fully saturated rings. The zero-order valence-electron chi connectivity index (χ0n) is 7.78. The molecule has 0 spiro atoms. The minimum atomic E-state index is -0.994. The minimum Gasteiger partial charge on any atom is -0.399 e. The Bertz CT molecular complexity index is 326. The summed E-state index contributed by atoms with van der Waals surface area (Å²) in [4.78, 5) is -0.198. The molecule has 1 unspecified atom stereocenters.